The van der Waals surface area contributed by atoms with Crippen LogP contribution < -0.4 is 10.6 Å². The number of hydrogen-bond donors (Lipinski definition) is 4. The van der Waals surface area contributed by atoms with Crippen LogP contribution in [0.5, 0.6) is 0 Å². The van der Waals surface area contributed by atoms with Gasteiger partial charge in [-0.1, -0.05) is 54.6 Å². The molecular formula is C26H23FN2O6. The first-order valence-electron chi connectivity index (χ1n) is 10.9. The number of alkyl carbamates (subject to hydrolysis) is 1. The Labute approximate surface area is 200 Å². The van der Waals surface area contributed by atoms with Crippen LogP contribution in [0, 0.1) is 5.82 Å². The number of carboxylic acids is 1. The largest absolute Gasteiger partial charge is 0.478 e. The van der Waals surface area contributed by atoms with Gasteiger partial charge in [-0.2, -0.15) is 0 Å². The Hall–Kier alpha value is -4.24. The minimum Gasteiger partial charge on any atom is -0.478 e. The summed E-state index contributed by atoms with van der Waals surface area (Å²) in [6.45, 7) is -0.155. The van der Waals surface area contributed by atoms with E-state index in [0.29, 0.717) is 0 Å². The molecule has 0 fully saturated rings. The number of halogens is 1. The maximum Gasteiger partial charge on any atom is 0.407 e. The Morgan fingerprint density at radius 1 is 0.943 bits per heavy atom. The Kier molecular flexibility index (Phi) is 7.07. The molecule has 1 aliphatic carbocycles. The molecule has 0 saturated heterocycles. The minimum absolute atomic E-state index is 0.107. The zero-order valence-electron chi connectivity index (χ0n) is 18.5. The van der Waals surface area contributed by atoms with Crippen molar-refractivity contribution in [2.45, 2.75) is 18.4 Å². The molecule has 0 radical (unpaired) electrons. The third-order valence-corrected chi connectivity index (χ3v) is 5.75. The number of aromatic carboxylic acids is 1. The van der Waals surface area contributed by atoms with Gasteiger partial charge >= 0.3 is 12.1 Å². The number of carbonyl (C=O) groups excluding carboxylic acids is 2. The van der Waals surface area contributed by atoms with Gasteiger partial charge in [-0.15, -0.1) is 0 Å². The highest BCUT2D eigenvalue weighted by atomic mass is 19.1. The predicted molar refractivity (Wildman–Crippen MR) is 126 cm³/mol. The zero-order chi connectivity index (χ0) is 24.9. The van der Waals surface area contributed by atoms with Crippen molar-refractivity contribution in [1.29, 1.82) is 0 Å². The fourth-order valence-electron chi connectivity index (χ4n) is 4.13. The van der Waals surface area contributed by atoms with Crippen molar-refractivity contribution in [1.82, 2.24) is 5.32 Å². The van der Waals surface area contributed by atoms with Gasteiger partial charge in [-0.25, -0.2) is 14.0 Å². The average Bonchev–Trinajstić information content (AvgIpc) is 3.16. The summed E-state index contributed by atoms with van der Waals surface area (Å²) in [5.74, 6) is -3.40. The molecule has 0 bridgehead atoms. The molecule has 9 heteroatoms. The lowest BCUT2D eigenvalue weighted by atomic mass is 9.98. The third kappa shape index (κ3) is 5.30. The van der Waals surface area contributed by atoms with E-state index in [0.717, 1.165) is 28.3 Å². The van der Waals surface area contributed by atoms with Crippen molar-refractivity contribution in [2.24, 2.45) is 0 Å². The Morgan fingerprint density at radius 3 is 2.20 bits per heavy atom. The van der Waals surface area contributed by atoms with Gasteiger partial charge in [0.2, 0.25) is 5.91 Å². The highest BCUT2D eigenvalue weighted by molar-refractivity contribution is 5.94. The SMILES string of the molecule is O=C(CC(O)CNC(=O)OCC1c2ccccc2-c2ccccc21)Nc1cccc(C(=O)O)c1F. The van der Waals surface area contributed by atoms with Crippen molar-refractivity contribution < 1.29 is 33.7 Å². The number of benzene rings is 3. The summed E-state index contributed by atoms with van der Waals surface area (Å²) in [4.78, 5) is 35.3. The van der Waals surface area contributed by atoms with E-state index in [9.17, 15) is 23.9 Å². The first kappa shape index (κ1) is 23.9. The smallest absolute Gasteiger partial charge is 0.407 e. The third-order valence-electron chi connectivity index (χ3n) is 5.75. The van der Waals surface area contributed by atoms with E-state index in [2.05, 4.69) is 10.6 Å². The molecule has 4 N–H and O–H groups in total. The number of rotatable bonds is 8. The van der Waals surface area contributed by atoms with Gasteiger partial charge < -0.3 is 25.6 Å². The van der Waals surface area contributed by atoms with Gasteiger partial charge in [0.05, 0.1) is 23.8 Å². The molecule has 8 nitrogen and oxygen atoms in total. The molecule has 0 aliphatic heterocycles. The molecule has 0 heterocycles. The van der Waals surface area contributed by atoms with Gasteiger partial charge in [0.1, 0.15) is 6.61 Å². The van der Waals surface area contributed by atoms with Crippen LogP contribution in [0.25, 0.3) is 11.1 Å². The Bertz CT molecular complexity index is 1230. The number of aliphatic hydroxyl groups is 1. The van der Waals surface area contributed by atoms with E-state index in [1.165, 1.54) is 12.1 Å². The van der Waals surface area contributed by atoms with Gasteiger partial charge in [0.25, 0.3) is 0 Å². The molecule has 0 aromatic heterocycles. The highest BCUT2D eigenvalue weighted by Crippen LogP contribution is 2.44. The van der Waals surface area contributed by atoms with Gasteiger partial charge in [0, 0.05) is 12.5 Å². The quantitative estimate of drug-likeness (QED) is 0.391. The molecule has 180 valence electrons. The average molecular weight is 478 g/mol. The van der Waals surface area contributed by atoms with Crippen LogP contribution in [-0.4, -0.2) is 47.4 Å². The van der Waals surface area contributed by atoms with E-state index in [1.807, 2.05) is 48.5 Å². The second kappa shape index (κ2) is 10.4. The van der Waals surface area contributed by atoms with Crippen LogP contribution in [0.15, 0.2) is 66.7 Å². The van der Waals surface area contributed by atoms with E-state index < -0.39 is 41.9 Å². The molecule has 35 heavy (non-hydrogen) atoms. The lowest BCUT2D eigenvalue weighted by Gasteiger charge is -2.16. The summed E-state index contributed by atoms with van der Waals surface area (Å²) in [5.41, 5.74) is 3.44. The number of anilines is 1. The number of carboxylic acid groups (broad SMARTS) is 1. The van der Waals surface area contributed by atoms with E-state index in [4.69, 9.17) is 9.84 Å². The van der Waals surface area contributed by atoms with E-state index in [-0.39, 0.29) is 24.8 Å². The van der Waals surface area contributed by atoms with Crippen LogP contribution in [0.3, 0.4) is 0 Å². The van der Waals surface area contributed by atoms with E-state index >= 15 is 0 Å². The number of fused-ring (bicyclic) bond motifs is 3. The highest BCUT2D eigenvalue weighted by Gasteiger charge is 2.29. The number of ether oxygens (including phenoxy) is 1. The number of nitrogens with one attached hydrogen (secondary N) is 2. The second-order valence-corrected chi connectivity index (χ2v) is 8.08. The molecule has 1 atom stereocenters. The van der Waals surface area contributed by atoms with Crippen molar-refractivity contribution in [3.8, 4) is 11.1 Å². The Morgan fingerprint density at radius 2 is 1.57 bits per heavy atom. The zero-order valence-corrected chi connectivity index (χ0v) is 18.5. The normalized spacial score (nSPS) is 12.9. The maximum atomic E-state index is 14.1. The van der Waals surface area contributed by atoms with Crippen molar-refractivity contribution >= 4 is 23.7 Å². The molecule has 1 unspecified atom stereocenters. The maximum absolute atomic E-state index is 14.1. The summed E-state index contributed by atoms with van der Waals surface area (Å²) in [7, 11) is 0. The summed E-state index contributed by atoms with van der Waals surface area (Å²) < 4.78 is 19.5. The molecule has 0 saturated carbocycles. The fraction of sp³-hybridized carbons (Fsp3) is 0.192. The summed E-state index contributed by atoms with van der Waals surface area (Å²) >= 11 is 0. The minimum atomic E-state index is -1.47. The molecule has 1 aliphatic rings. The van der Waals surface area contributed by atoms with Gasteiger partial charge in [-0.05, 0) is 34.4 Å². The van der Waals surface area contributed by atoms with Crippen LogP contribution >= 0.6 is 0 Å². The van der Waals surface area contributed by atoms with Gasteiger partial charge in [0.15, 0.2) is 5.82 Å². The van der Waals surface area contributed by atoms with Crippen molar-refractivity contribution in [2.75, 3.05) is 18.5 Å². The molecule has 3 aromatic rings. The topological polar surface area (TPSA) is 125 Å². The first-order valence-corrected chi connectivity index (χ1v) is 10.9. The number of aliphatic hydroxyl groups excluding tert-OH is 1. The predicted octanol–water partition coefficient (Wildman–Crippen LogP) is 3.75. The van der Waals surface area contributed by atoms with Crippen LogP contribution in [0.4, 0.5) is 14.9 Å². The summed E-state index contributed by atoms with van der Waals surface area (Å²) in [5, 5.41) is 23.7. The van der Waals surface area contributed by atoms with Crippen molar-refractivity contribution in [3.63, 3.8) is 0 Å². The van der Waals surface area contributed by atoms with Crippen LogP contribution in [0.1, 0.15) is 33.8 Å². The number of hydrogen-bond acceptors (Lipinski definition) is 5. The van der Waals surface area contributed by atoms with E-state index in [1.54, 1.807) is 0 Å². The lowest BCUT2D eigenvalue weighted by Crippen LogP contribution is -2.35. The number of amides is 2. The summed E-state index contributed by atoms with van der Waals surface area (Å²) in [6.07, 6.45) is -2.45. The molecule has 4 rings (SSSR count). The summed E-state index contributed by atoms with van der Waals surface area (Å²) in [6, 6.07) is 19.4. The van der Waals surface area contributed by atoms with Crippen LogP contribution in [-0.2, 0) is 9.53 Å². The van der Waals surface area contributed by atoms with Crippen LogP contribution in [0.2, 0.25) is 0 Å². The first-order chi connectivity index (χ1) is 16.8. The molecule has 0 spiro atoms. The molecule has 3 aromatic carbocycles. The monoisotopic (exact) mass is 478 g/mol. The number of carbonyl (C=O) groups is 3. The molecule has 2 amide bonds. The fourth-order valence-corrected chi connectivity index (χ4v) is 4.13. The lowest BCUT2D eigenvalue weighted by molar-refractivity contribution is -0.118. The standard InChI is InChI=1S/C26H23FN2O6/c27-24-20(25(32)33)10-5-11-22(24)29-23(31)12-15(30)13-28-26(34)35-14-21-18-8-3-1-6-16(18)17-7-2-4-9-19(17)21/h1-11,15,21,30H,12-14H2,(H,28,34)(H,29,31)(H,32,33). The Balaban J connectivity index is 1.26. The van der Waals surface area contributed by atoms with Crippen molar-refractivity contribution in [3.05, 3.63) is 89.2 Å². The van der Waals surface area contributed by atoms with Gasteiger partial charge in [-0.3, -0.25) is 4.79 Å². The molecular weight excluding hydrogens is 455 g/mol. The second-order valence-electron chi connectivity index (χ2n) is 8.08.